The topological polar surface area (TPSA) is 56.1 Å². The van der Waals surface area contributed by atoms with Crippen LogP contribution in [-0.2, 0) is 17.8 Å². The van der Waals surface area contributed by atoms with Gasteiger partial charge >= 0.3 is 0 Å². The average molecular weight is 442 g/mol. The van der Waals surface area contributed by atoms with Crippen molar-refractivity contribution in [2.75, 3.05) is 6.61 Å². The molecule has 5 nitrogen and oxygen atoms in total. The van der Waals surface area contributed by atoms with Crippen molar-refractivity contribution >= 4 is 16.9 Å². The van der Waals surface area contributed by atoms with Gasteiger partial charge in [-0.15, -0.1) is 0 Å². The SMILES string of the molecule is Cc1cccc(OCCn2c(C(C)NC(=O)CCc3ccccc3)nc3ccccc32)c1C. The molecule has 0 aliphatic carbocycles. The first-order chi connectivity index (χ1) is 16.0. The van der Waals surface area contributed by atoms with Crippen LogP contribution >= 0.6 is 0 Å². The second-order valence-electron chi connectivity index (χ2n) is 8.43. The minimum Gasteiger partial charge on any atom is -0.491 e. The fraction of sp³-hybridized carbons (Fsp3) is 0.286. The summed E-state index contributed by atoms with van der Waals surface area (Å²) in [4.78, 5) is 17.5. The number of fused-ring (bicyclic) bond motifs is 1. The third-order valence-electron chi connectivity index (χ3n) is 6.06. The first-order valence-electron chi connectivity index (χ1n) is 11.5. The summed E-state index contributed by atoms with van der Waals surface area (Å²) in [5.41, 5.74) is 5.50. The van der Waals surface area contributed by atoms with Crippen LogP contribution in [0.5, 0.6) is 5.75 Å². The van der Waals surface area contributed by atoms with Crippen molar-refractivity contribution in [3.63, 3.8) is 0 Å². The van der Waals surface area contributed by atoms with E-state index in [1.54, 1.807) is 0 Å². The lowest BCUT2D eigenvalue weighted by atomic mass is 10.1. The van der Waals surface area contributed by atoms with E-state index in [4.69, 9.17) is 9.72 Å². The Balaban J connectivity index is 1.45. The van der Waals surface area contributed by atoms with E-state index < -0.39 is 0 Å². The van der Waals surface area contributed by atoms with Crippen molar-refractivity contribution in [2.45, 2.75) is 46.2 Å². The summed E-state index contributed by atoms with van der Waals surface area (Å²) in [5, 5.41) is 3.13. The van der Waals surface area contributed by atoms with E-state index >= 15 is 0 Å². The third-order valence-corrected chi connectivity index (χ3v) is 6.06. The minimum absolute atomic E-state index is 0.0246. The number of aryl methyl sites for hydroxylation is 2. The molecule has 0 radical (unpaired) electrons. The molecule has 5 heteroatoms. The Labute approximate surface area is 195 Å². The van der Waals surface area contributed by atoms with Crippen LogP contribution in [-0.4, -0.2) is 22.1 Å². The number of aromatic nitrogens is 2. The highest BCUT2D eigenvalue weighted by atomic mass is 16.5. The third kappa shape index (κ3) is 5.43. The molecule has 0 spiro atoms. The molecule has 0 saturated heterocycles. The zero-order valence-corrected chi connectivity index (χ0v) is 19.5. The second-order valence-corrected chi connectivity index (χ2v) is 8.43. The monoisotopic (exact) mass is 441 g/mol. The van der Waals surface area contributed by atoms with Crippen molar-refractivity contribution in [2.24, 2.45) is 0 Å². The molecule has 4 aromatic rings. The predicted molar refractivity (Wildman–Crippen MR) is 132 cm³/mol. The highest BCUT2D eigenvalue weighted by Crippen LogP contribution is 2.23. The molecular weight excluding hydrogens is 410 g/mol. The number of ether oxygens (including phenoxy) is 1. The molecule has 0 fully saturated rings. The van der Waals surface area contributed by atoms with Crippen LogP contribution in [0.4, 0.5) is 0 Å². The van der Waals surface area contributed by atoms with Crippen LogP contribution < -0.4 is 10.1 Å². The van der Waals surface area contributed by atoms with Crippen molar-refractivity contribution in [1.29, 1.82) is 0 Å². The van der Waals surface area contributed by atoms with E-state index in [-0.39, 0.29) is 11.9 Å². The number of carbonyl (C=O) groups excluding carboxylic acids is 1. The molecule has 170 valence electrons. The average Bonchev–Trinajstić information content (AvgIpc) is 3.20. The second kappa shape index (κ2) is 10.3. The summed E-state index contributed by atoms with van der Waals surface area (Å²) in [6.07, 6.45) is 1.17. The van der Waals surface area contributed by atoms with E-state index in [9.17, 15) is 4.79 Å². The fourth-order valence-corrected chi connectivity index (χ4v) is 4.07. The van der Waals surface area contributed by atoms with Gasteiger partial charge in [0.25, 0.3) is 0 Å². The molecule has 4 rings (SSSR count). The van der Waals surface area contributed by atoms with Gasteiger partial charge < -0.3 is 14.6 Å². The summed E-state index contributed by atoms with van der Waals surface area (Å²) >= 11 is 0. The van der Waals surface area contributed by atoms with Crippen molar-refractivity contribution in [3.8, 4) is 5.75 Å². The Bertz CT molecular complexity index is 1230. The van der Waals surface area contributed by atoms with Crippen LogP contribution in [0.2, 0.25) is 0 Å². The first-order valence-corrected chi connectivity index (χ1v) is 11.5. The van der Waals surface area contributed by atoms with Crippen molar-refractivity contribution in [3.05, 3.63) is 95.3 Å². The molecule has 1 heterocycles. The standard InChI is InChI=1S/C28H31N3O2/c1-20-10-9-15-26(21(20)2)33-19-18-31-25-14-8-7-13-24(25)30-28(31)22(3)29-27(32)17-16-23-11-5-4-6-12-23/h4-15,22H,16-19H2,1-3H3,(H,29,32). The Morgan fingerprint density at radius 1 is 1.00 bits per heavy atom. The number of hydrogen-bond acceptors (Lipinski definition) is 3. The summed E-state index contributed by atoms with van der Waals surface area (Å²) in [7, 11) is 0. The number of imidazole rings is 1. The van der Waals surface area contributed by atoms with Crippen LogP contribution in [0, 0.1) is 13.8 Å². The van der Waals surface area contributed by atoms with E-state index in [0.717, 1.165) is 40.2 Å². The van der Waals surface area contributed by atoms with Crippen LogP contribution in [0.1, 0.15) is 41.9 Å². The maximum atomic E-state index is 12.6. The molecule has 0 aliphatic rings. The predicted octanol–water partition coefficient (Wildman–Crippen LogP) is 5.54. The molecule has 0 bridgehead atoms. The number of hydrogen-bond donors (Lipinski definition) is 1. The molecule has 33 heavy (non-hydrogen) atoms. The molecule has 3 aromatic carbocycles. The highest BCUT2D eigenvalue weighted by Gasteiger charge is 2.18. The molecular formula is C28H31N3O2. The van der Waals surface area contributed by atoms with Gasteiger partial charge in [0.1, 0.15) is 18.2 Å². The highest BCUT2D eigenvalue weighted by molar-refractivity contribution is 5.78. The van der Waals surface area contributed by atoms with Gasteiger partial charge in [-0.1, -0.05) is 54.6 Å². The van der Waals surface area contributed by atoms with Crippen molar-refractivity contribution < 1.29 is 9.53 Å². The lowest BCUT2D eigenvalue weighted by Crippen LogP contribution is -2.29. The largest absolute Gasteiger partial charge is 0.491 e. The summed E-state index contributed by atoms with van der Waals surface area (Å²) in [5.74, 6) is 1.77. The van der Waals surface area contributed by atoms with Gasteiger partial charge in [-0.05, 0) is 62.1 Å². The number of para-hydroxylation sites is 2. The fourth-order valence-electron chi connectivity index (χ4n) is 4.07. The van der Waals surface area contributed by atoms with E-state index in [2.05, 4.69) is 35.9 Å². The summed E-state index contributed by atoms with van der Waals surface area (Å²) < 4.78 is 8.26. The Morgan fingerprint density at radius 2 is 1.76 bits per heavy atom. The number of benzene rings is 3. The quantitative estimate of drug-likeness (QED) is 0.371. The van der Waals surface area contributed by atoms with Gasteiger partial charge in [-0.2, -0.15) is 0 Å². The van der Waals surface area contributed by atoms with E-state index in [0.29, 0.717) is 19.6 Å². The zero-order valence-electron chi connectivity index (χ0n) is 19.5. The van der Waals surface area contributed by atoms with E-state index in [1.165, 1.54) is 5.56 Å². The van der Waals surface area contributed by atoms with Gasteiger partial charge in [0.15, 0.2) is 0 Å². The number of carbonyl (C=O) groups is 1. The lowest BCUT2D eigenvalue weighted by Gasteiger charge is -2.17. The number of nitrogens with zero attached hydrogens (tertiary/aromatic N) is 2. The maximum Gasteiger partial charge on any atom is 0.220 e. The smallest absolute Gasteiger partial charge is 0.220 e. The maximum absolute atomic E-state index is 12.6. The molecule has 1 amide bonds. The molecule has 1 unspecified atom stereocenters. The van der Waals surface area contributed by atoms with Gasteiger partial charge in [-0.25, -0.2) is 4.98 Å². The van der Waals surface area contributed by atoms with Gasteiger partial charge in [0.05, 0.1) is 23.6 Å². The normalized spacial score (nSPS) is 12.0. The Hall–Kier alpha value is -3.60. The Kier molecular flexibility index (Phi) is 7.08. The van der Waals surface area contributed by atoms with Gasteiger partial charge in [-0.3, -0.25) is 4.79 Å². The molecule has 1 aromatic heterocycles. The number of rotatable bonds is 9. The first kappa shape index (κ1) is 22.6. The van der Waals surface area contributed by atoms with E-state index in [1.807, 2.05) is 67.6 Å². The minimum atomic E-state index is -0.207. The van der Waals surface area contributed by atoms with Crippen LogP contribution in [0.15, 0.2) is 72.8 Å². The Morgan fingerprint density at radius 3 is 2.58 bits per heavy atom. The van der Waals surface area contributed by atoms with Crippen LogP contribution in [0.3, 0.4) is 0 Å². The summed E-state index contributed by atoms with van der Waals surface area (Å²) in [6, 6.07) is 24.0. The zero-order chi connectivity index (χ0) is 23.2. The summed E-state index contributed by atoms with van der Waals surface area (Å²) in [6.45, 7) is 7.32. The molecule has 1 atom stereocenters. The molecule has 1 N–H and O–H groups in total. The van der Waals surface area contributed by atoms with Crippen molar-refractivity contribution in [1.82, 2.24) is 14.9 Å². The number of nitrogens with one attached hydrogen (secondary N) is 1. The number of amides is 1. The molecule has 0 saturated carbocycles. The lowest BCUT2D eigenvalue weighted by molar-refractivity contribution is -0.121. The van der Waals surface area contributed by atoms with Gasteiger partial charge in [0.2, 0.25) is 5.91 Å². The van der Waals surface area contributed by atoms with Gasteiger partial charge in [0, 0.05) is 6.42 Å². The molecule has 0 aliphatic heterocycles. The van der Waals surface area contributed by atoms with Crippen LogP contribution in [0.25, 0.3) is 11.0 Å².